The maximum atomic E-state index is 13.8. The fraction of sp³-hybridized carbons (Fsp3) is 0.450. The van der Waals surface area contributed by atoms with E-state index in [1.54, 1.807) is 51.0 Å². The highest BCUT2D eigenvalue weighted by molar-refractivity contribution is 7.89. The molecule has 0 aliphatic carbocycles. The molecule has 0 fully saturated rings. The maximum absolute atomic E-state index is 13.8. The van der Waals surface area contributed by atoms with Gasteiger partial charge in [-0.2, -0.15) is 4.31 Å². The molecule has 1 N–H and O–H groups in total. The van der Waals surface area contributed by atoms with Crippen LogP contribution in [0.5, 0.6) is 0 Å². The van der Waals surface area contributed by atoms with Crippen LogP contribution in [0.2, 0.25) is 0 Å². The van der Waals surface area contributed by atoms with Gasteiger partial charge in [0.2, 0.25) is 10.0 Å². The number of carbonyl (C=O) groups is 1. The molecule has 9 heteroatoms. The van der Waals surface area contributed by atoms with Crippen LogP contribution in [0.15, 0.2) is 41.4 Å². The number of anilines is 1. The van der Waals surface area contributed by atoms with Crippen molar-refractivity contribution >= 4 is 21.6 Å². The number of rotatable bonds is 10. The van der Waals surface area contributed by atoms with Gasteiger partial charge in [0, 0.05) is 46.5 Å². The van der Waals surface area contributed by atoms with E-state index in [9.17, 15) is 17.6 Å². The first-order valence-corrected chi connectivity index (χ1v) is 11.1. The van der Waals surface area contributed by atoms with Gasteiger partial charge in [0.15, 0.2) is 0 Å². The van der Waals surface area contributed by atoms with E-state index in [-0.39, 0.29) is 22.3 Å². The Kier molecular flexibility index (Phi) is 7.80. The summed E-state index contributed by atoms with van der Waals surface area (Å²) in [5.41, 5.74) is 0.783. The molecule has 0 atom stereocenters. The van der Waals surface area contributed by atoms with Gasteiger partial charge in [0.05, 0.1) is 5.69 Å². The summed E-state index contributed by atoms with van der Waals surface area (Å²) in [6.07, 6.45) is 2.07. The molecule has 0 saturated carbocycles. The number of benzene rings is 1. The van der Waals surface area contributed by atoms with Crippen molar-refractivity contribution < 1.29 is 17.6 Å². The van der Waals surface area contributed by atoms with Crippen LogP contribution in [0.4, 0.5) is 10.1 Å². The Morgan fingerprint density at radius 1 is 1.21 bits per heavy atom. The first kappa shape index (κ1) is 22.9. The fourth-order valence-corrected chi connectivity index (χ4v) is 4.63. The van der Waals surface area contributed by atoms with Gasteiger partial charge in [0.1, 0.15) is 16.4 Å². The van der Waals surface area contributed by atoms with Gasteiger partial charge in [-0.25, -0.2) is 12.8 Å². The summed E-state index contributed by atoms with van der Waals surface area (Å²) in [5, 5.41) is 2.79. The second-order valence-electron chi connectivity index (χ2n) is 6.74. The number of halogens is 1. The number of para-hydroxylation sites is 1. The van der Waals surface area contributed by atoms with E-state index in [2.05, 4.69) is 5.32 Å². The molecule has 0 saturated heterocycles. The maximum Gasteiger partial charge on any atom is 0.267 e. The Bertz CT molecular complexity index is 939. The van der Waals surface area contributed by atoms with Crippen molar-refractivity contribution in [2.75, 3.05) is 38.1 Å². The fourth-order valence-electron chi connectivity index (χ4n) is 3.10. The average Bonchev–Trinajstić information content (AvgIpc) is 3.08. The zero-order valence-electron chi connectivity index (χ0n) is 17.4. The van der Waals surface area contributed by atoms with Crippen molar-refractivity contribution in [2.45, 2.75) is 25.2 Å². The molecule has 0 radical (unpaired) electrons. The topological polar surface area (TPSA) is 74.7 Å². The van der Waals surface area contributed by atoms with E-state index in [0.29, 0.717) is 38.3 Å². The van der Waals surface area contributed by atoms with Crippen LogP contribution in [-0.4, -0.2) is 56.4 Å². The molecule has 1 amide bonds. The van der Waals surface area contributed by atoms with Crippen LogP contribution >= 0.6 is 0 Å². The molecule has 0 spiro atoms. The molecule has 1 aromatic heterocycles. The molecule has 0 bridgehead atoms. The minimum atomic E-state index is -3.62. The number of hydrogen-bond donors (Lipinski definition) is 1. The van der Waals surface area contributed by atoms with Gasteiger partial charge in [-0.05, 0) is 24.6 Å². The molecule has 0 aliphatic heterocycles. The molecule has 7 nitrogen and oxygen atoms in total. The minimum Gasteiger partial charge on any atom is -0.372 e. The van der Waals surface area contributed by atoms with Crippen LogP contribution in [0.25, 0.3) is 0 Å². The molecule has 1 aromatic carbocycles. The van der Waals surface area contributed by atoms with Crippen molar-refractivity contribution in [1.82, 2.24) is 14.2 Å². The number of nitrogens with one attached hydrogen (secondary N) is 1. The summed E-state index contributed by atoms with van der Waals surface area (Å²) in [6.45, 7) is 5.23. The molecule has 2 rings (SSSR count). The van der Waals surface area contributed by atoms with E-state index < -0.39 is 10.0 Å². The SMILES string of the molecule is CCN(CC)S(=O)(=O)c1cc(C(=O)NCCCN(C)c2ccccc2F)n(C)c1. The molecular weight excluding hydrogens is 395 g/mol. The molecule has 0 unspecified atom stereocenters. The zero-order chi connectivity index (χ0) is 21.6. The number of carbonyl (C=O) groups excluding carboxylic acids is 1. The van der Waals surface area contributed by atoms with E-state index in [0.717, 1.165) is 0 Å². The summed E-state index contributed by atoms with van der Waals surface area (Å²) < 4.78 is 41.9. The van der Waals surface area contributed by atoms with Gasteiger partial charge >= 0.3 is 0 Å². The largest absolute Gasteiger partial charge is 0.372 e. The van der Waals surface area contributed by atoms with Crippen molar-refractivity contribution in [3.05, 3.63) is 48.0 Å². The summed E-state index contributed by atoms with van der Waals surface area (Å²) >= 11 is 0. The zero-order valence-corrected chi connectivity index (χ0v) is 18.2. The Labute approximate surface area is 172 Å². The summed E-state index contributed by atoms with van der Waals surface area (Å²) in [4.78, 5) is 14.4. The van der Waals surface area contributed by atoms with Crippen molar-refractivity contribution in [2.24, 2.45) is 7.05 Å². The van der Waals surface area contributed by atoms with E-state index >= 15 is 0 Å². The summed E-state index contributed by atoms with van der Waals surface area (Å²) in [7, 11) is -0.183. The van der Waals surface area contributed by atoms with E-state index in [1.807, 2.05) is 0 Å². The lowest BCUT2D eigenvalue weighted by Crippen LogP contribution is -2.30. The van der Waals surface area contributed by atoms with Gasteiger partial charge in [-0.1, -0.05) is 26.0 Å². The number of amides is 1. The Morgan fingerprint density at radius 3 is 2.48 bits per heavy atom. The van der Waals surface area contributed by atoms with Gasteiger partial charge in [-0.3, -0.25) is 4.79 Å². The molecule has 160 valence electrons. The number of hydrogen-bond acceptors (Lipinski definition) is 4. The smallest absolute Gasteiger partial charge is 0.267 e. The lowest BCUT2D eigenvalue weighted by atomic mass is 10.2. The number of aromatic nitrogens is 1. The van der Waals surface area contributed by atoms with Crippen molar-refractivity contribution in [3.8, 4) is 0 Å². The highest BCUT2D eigenvalue weighted by Crippen LogP contribution is 2.19. The van der Waals surface area contributed by atoms with Gasteiger partial charge < -0.3 is 14.8 Å². The van der Waals surface area contributed by atoms with Crippen LogP contribution in [0.1, 0.15) is 30.8 Å². The molecule has 1 heterocycles. The van der Waals surface area contributed by atoms with Crippen molar-refractivity contribution in [3.63, 3.8) is 0 Å². The highest BCUT2D eigenvalue weighted by atomic mass is 32.2. The Balaban J connectivity index is 1.95. The monoisotopic (exact) mass is 424 g/mol. The lowest BCUT2D eigenvalue weighted by Gasteiger charge is -2.19. The number of aryl methyl sites for hydroxylation is 1. The van der Waals surface area contributed by atoms with Crippen molar-refractivity contribution in [1.29, 1.82) is 0 Å². The molecular formula is C20H29FN4O3S. The quantitative estimate of drug-likeness (QED) is 0.595. The van der Waals surface area contributed by atoms with Gasteiger partial charge in [0.25, 0.3) is 5.91 Å². The first-order valence-electron chi connectivity index (χ1n) is 9.62. The number of nitrogens with zero attached hydrogens (tertiary/aromatic N) is 3. The predicted molar refractivity (Wildman–Crippen MR) is 112 cm³/mol. The normalized spacial score (nSPS) is 11.7. The first-order chi connectivity index (χ1) is 13.7. The standard InChI is InChI=1S/C20H29FN4O3S/c1-5-25(6-2)29(27,28)16-14-19(24(4)15-16)20(26)22-12-9-13-23(3)18-11-8-7-10-17(18)21/h7-8,10-11,14-15H,5-6,9,12-13H2,1-4H3,(H,22,26). The Hall–Kier alpha value is -2.39. The van der Waals surface area contributed by atoms with E-state index in [4.69, 9.17) is 0 Å². The Morgan fingerprint density at radius 2 is 1.86 bits per heavy atom. The van der Waals surface area contributed by atoms with Crippen LogP contribution in [0, 0.1) is 5.82 Å². The second-order valence-corrected chi connectivity index (χ2v) is 8.68. The third kappa shape index (κ3) is 5.36. The summed E-state index contributed by atoms with van der Waals surface area (Å²) in [6, 6.07) is 7.93. The van der Waals surface area contributed by atoms with Crippen LogP contribution in [0.3, 0.4) is 0 Å². The number of sulfonamides is 1. The van der Waals surface area contributed by atoms with Gasteiger partial charge in [-0.15, -0.1) is 0 Å². The van der Waals surface area contributed by atoms with Crippen LogP contribution in [-0.2, 0) is 17.1 Å². The third-order valence-corrected chi connectivity index (χ3v) is 6.79. The predicted octanol–water partition coefficient (Wildman–Crippen LogP) is 2.45. The molecule has 2 aromatic rings. The average molecular weight is 425 g/mol. The van der Waals surface area contributed by atoms with E-state index in [1.165, 1.54) is 27.2 Å². The molecule has 29 heavy (non-hydrogen) atoms. The second kappa shape index (κ2) is 9.89. The highest BCUT2D eigenvalue weighted by Gasteiger charge is 2.25. The minimum absolute atomic E-state index is 0.105. The summed E-state index contributed by atoms with van der Waals surface area (Å²) in [5.74, 6) is -0.633. The molecule has 0 aliphatic rings. The van der Waals surface area contributed by atoms with Crippen LogP contribution < -0.4 is 10.2 Å². The lowest BCUT2D eigenvalue weighted by molar-refractivity contribution is 0.0945. The third-order valence-electron chi connectivity index (χ3n) is 4.78.